The third-order valence-electron chi connectivity index (χ3n) is 4.21. The van der Waals surface area contributed by atoms with Crippen molar-refractivity contribution < 1.29 is 18.7 Å². The van der Waals surface area contributed by atoms with Crippen LogP contribution in [0.15, 0.2) is 76.2 Å². The molecular weight excluding hydrogens is 442 g/mol. The Morgan fingerprint density at radius 3 is 2.70 bits per heavy atom. The fourth-order valence-electron chi connectivity index (χ4n) is 2.77. The Hall–Kier alpha value is -2.87. The minimum atomic E-state index is -0.492. The molecule has 5 nitrogen and oxygen atoms in total. The highest BCUT2D eigenvalue weighted by atomic mass is 35.5. The van der Waals surface area contributed by atoms with Gasteiger partial charge >= 0.3 is 5.97 Å². The van der Waals surface area contributed by atoms with Crippen LogP contribution in [-0.2, 0) is 11.3 Å². The van der Waals surface area contributed by atoms with Crippen LogP contribution in [0.1, 0.15) is 21.7 Å². The molecule has 0 aliphatic carbocycles. The summed E-state index contributed by atoms with van der Waals surface area (Å²) in [6.45, 7) is 0.285. The molecule has 8 heteroatoms. The van der Waals surface area contributed by atoms with Gasteiger partial charge in [-0.25, -0.2) is 4.79 Å². The molecule has 0 N–H and O–H groups in total. The van der Waals surface area contributed by atoms with Crippen molar-refractivity contribution in [3.8, 4) is 5.75 Å². The van der Waals surface area contributed by atoms with Gasteiger partial charge in [0, 0.05) is 5.02 Å². The molecular formula is C22H14ClNO4S2. The van der Waals surface area contributed by atoms with Crippen molar-refractivity contribution in [1.29, 1.82) is 0 Å². The number of carbonyl (C=O) groups is 2. The van der Waals surface area contributed by atoms with E-state index in [4.69, 9.17) is 33.0 Å². The van der Waals surface area contributed by atoms with Crippen LogP contribution in [0.25, 0.3) is 6.08 Å². The third-order valence-corrected chi connectivity index (χ3v) is 5.84. The predicted molar refractivity (Wildman–Crippen MR) is 120 cm³/mol. The Balaban J connectivity index is 1.49. The predicted octanol–water partition coefficient (Wildman–Crippen LogP) is 5.55. The summed E-state index contributed by atoms with van der Waals surface area (Å²) >= 11 is 12.4. The van der Waals surface area contributed by atoms with Gasteiger partial charge in [0.25, 0.3) is 5.91 Å². The van der Waals surface area contributed by atoms with Gasteiger partial charge in [-0.1, -0.05) is 47.7 Å². The van der Waals surface area contributed by atoms with Crippen molar-refractivity contribution in [2.45, 2.75) is 6.54 Å². The van der Waals surface area contributed by atoms with Crippen molar-refractivity contribution in [3.63, 3.8) is 0 Å². The van der Waals surface area contributed by atoms with E-state index in [1.165, 1.54) is 16.7 Å². The lowest BCUT2D eigenvalue weighted by molar-refractivity contribution is -0.122. The van der Waals surface area contributed by atoms with Crippen molar-refractivity contribution in [2.24, 2.45) is 0 Å². The van der Waals surface area contributed by atoms with Crippen LogP contribution in [0.4, 0.5) is 0 Å². The molecule has 0 radical (unpaired) electrons. The third kappa shape index (κ3) is 4.64. The van der Waals surface area contributed by atoms with Crippen LogP contribution in [0, 0.1) is 0 Å². The number of rotatable bonds is 5. The maximum atomic E-state index is 12.7. The van der Waals surface area contributed by atoms with Gasteiger partial charge in [0.05, 0.1) is 23.3 Å². The standard InChI is InChI=1S/C22H14ClNO4S2/c23-16-8-6-15(7-9-16)21(26)28-17-4-1-3-14(11-17)12-19-20(25)24(22(29)30-19)13-18-5-2-10-27-18/h1-12H,13H2. The van der Waals surface area contributed by atoms with Gasteiger partial charge in [-0.05, 0) is 60.2 Å². The number of hydrogen-bond acceptors (Lipinski definition) is 6. The van der Waals surface area contributed by atoms with Gasteiger partial charge < -0.3 is 9.15 Å². The number of hydrogen-bond donors (Lipinski definition) is 0. The Kier molecular flexibility index (Phi) is 6.03. The highest BCUT2D eigenvalue weighted by molar-refractivity contribution is 8.26. The number of benzene rings is 2. The fourth-order valence-corrected chi connectivity index (χ4v) is 4.15. The molecule has 1 saturated heterocycles. The summed E-state index contributed by atoms with van der Waals surface area (Å²) in [4.78, 5) is 27.0. The number of furan rings is 1. The number of amides is 1. The number of thiocarbonyl (C=S) groups is 1. The minimum absolute atomic E-state index is 0.190. The first-order chi connectivity index (χ1) is 14.5. The average molecular weight is 456 g/mol. The summed E-state index contributed by atoms with van der Waals surface area (Å²) < 4.78 is 11.2. The smallest absolute Gasteiger partial charge is 0.343 e. The van der Waals surface area contributed by atoms with E-state index in [9.17, 15) is 9.59 Å². The van der Waals surface area contributed by atoms with E-state index >= 15 is 0 Å². The number of ether oxygens (including phenoxy) is 1. The van der Waals surface area contributed by atoms with Gasteiger partial charge in [0.15, 0.2) is 0 Å². The highest BCUT2D eigenvalue weighted by Gasteiger charge is 2.32. The van der Waals surface area contributed by atoms with Gasteiger partial charge in [0.1, 0.15) is 15.8 Å². The van der Waals surface area contributed by atoms with Crippen LogP contribution < -0.4 is 4.74 Å². The van der Waals surface area contributed by atoms with Crippen LogP contribution in [0.3, 0.4) is 0 Å². The SMILES string of the molecule is O=C(Oc1cccc(C=C2SC(=S)N(Cc3ccco3)C2=O)c1)c1ccc(Cl)cc1. The monoisotopic (exact) mass is 455 g/mol. The molecule has 1 aromatic heterocycles. The van der Waals surface area contributed by atoms with Crippen LogP contribution in [0.5, 0.6) is 5.75 Å². The average Bonchev–Trinajstić information content (AvgIpc) is 3.33. The molecule has 0 atom stereocenters. The van der Waals surface area contributed by atoms with E-state index in [1.807, 2.05) is 6.07 Å². The topological polar surface area (TPSA) is 59.8 Å². The Labute approximate surface area is 187 Å². The fraction of sp³-hybridized carbons (Fsp3) is 0.0455. The Morgan fingerprint density at radius 2 is 1.97 bits per heavy atom. The van der Waals surface area contributed by atoms with Crippen molar-refractivity contribution in [1.82, 2.24) is 4.90 Å². The van der Waals surface area contributed by atoms with E-state index in [1.54, 1.807) is 66.9 Å². The zero-order chi connectivity index (χ0) is 21.1. The number of halogens is 1. The maximum absolute atomic E-state index is 12.7. The minimum Gasteiger partial charge on any atom is -0.467 e. The van der Waals surface area contributed by atoms with E-state index < -0.39 is 5.97 Å². The normalized spacial score (nSPS) is 15.1. The van der Waals surface area contributed by atoms with Crippen LogP contribution in [0.2, 0.25) is 5.02 Å². The van der Waals surface area contributed by atoms with Crippen molar-refractivity contribution >= 4 is 57.9 Å². The molecule has 150 valence electrons. The summed E-state index contributed by atoms with van der Waals surface area (Å²) in [5.74, 6) is 0.344. The summed E-state index contributed by atoms with van der Waals surface area (Å²) in [6.07, 6.45) is 3.28. The Morgan fingerprint density at radius 1 is 1.17 bits per heavy atom. The summed E-state index contributed by atoms with van der Waals surface area (Å²) in [6, 6.07) is 16.9. The van der Waals surface area contributed by atoms with E-state index in [0.29, 0.717) is 31.3 Å². The molecule has 1 aliphatic heterocycles. The second kappa shape index (κ2) is 8.87. The highest BCUT2D eigenvalue weighted by Crippen LogP contribution is 2.34. The summed E-state index contributed by atoms with van der Waals surface area (Å²) in [5.41, 5.74) is 1.11. The molecule has 2 heterocycles. The van der Waals surface area contributed by atoms with Crippen LogP contribution >= 0.6 is 35.6 Å². The molecule has 2 aromatic carbocycles. The quantitative estimate of drug-likeness (QED) is 0.217. The van der Waals surface area contributed by atoms with Crippen LogP contribution in [-0.4, -0.2) is 21.1 Å². The lowest BCUT2D eigenvalue weighted by Crippen LogP contribution is -2.27. The molecule has 3 aromatic rings. The largest absolute Gasteiger partial charge is 0.467 e. The first kappa shape index (κ1) is 20.4. The van der Waals surface area contributed by atoms with E-state index in [0.717, 1.165) is 5.56 Å². The Bertz CT molecular complexity index is 1140. The van der Waals surface area contributed by atoms with Gasteiger partial charge in [-0.2, -0.15) is 0 Å². The molecule has 1 aliphatic rings. The molecule has 0 spiro atoms. The zero-order valence-corrected chi connectivity index (χ0v) is 17.8. The maximum Gasteiger partial charge on any atom is 0.343 e. The number of thioether (sulfide) groups is 1. The molecule has 4 rings (SSSR count). The second-order valence-corrected chi connectivity index (χ2v) is 8.43. The van der Waals surface area contributed by atoms with E-state index in [2.05, 4.69) is 0 Å². The van der Waals surface area contributed by atoms with Crippen molar-refractivity contribution in [3.05, 3.63) is 93.7 Å². The molecule has 1 amide bonds. The molecule has 0 unspecified atom stereocenters. The van der Waals surface area contributed by atoms with E-state index in [-0.39, 0.29) is 12.5 Å². The lowest BCUT2D eigenvalue weighted by atomic mass is 10.2. The van der Waals surface area contributed by atoms with Gasteiger partial charge in [-0.15, -0.1) is 0 Å². The molecule has 0 bridgehead atoms. The lowest BCUT2D eigenvalue weighted by Gasteiger charge is -2.12. The molecule has 1 fully saturated rings. The molecule has 0 saturated carbocycles. The summed E-state index contributed by atoms with van der Waals surface area (Å²) in [7, 11) is 0. The second-order valence-electron chi connectivity index (χ2n) is 6.32. The molecule has 30 heavy (non-hydrogen) atoms. The van der Waals surface area contributed by atoms with Gasteiger partial charge in [0.2, 0.25) is 0 Å². The van der Waals surface area contributed by atoms with Crippen molar-refractivity contribution in [2.75, 3.05) is 0 Å². The first-order valence-corrected chi connectivity index (χ1v) is 10.5. The number of esters is 1. The first-order valence-electron chi connectivity index (χ1n) is 8.85. The zero-order valence-electron chi connectivity index (χ0n) is 15.4. The summed E-state index contributed by atoms with van der Waals surface area (Å²) in [5, 5.41) is 0.540. The number of carbonyl (C=O) groups excluding carboxylic acids is 2. The number of nitrogens with zero attached hydrogens (tertiary/aromatic N) is 1. The van der Waals surface area contributed by atoms with Gasteiger partial charge in [-0.3, -0.25) is 9.69 Å².